The van der Waals surface area contributed by atoms with Gasteiger partial charge in [0, 0.05) is 6.54 Å². The first-order valence-corrected chi connectivity index (χ1v) is 8.02. The minimum atomic E-state index is 0.0425. The Hall–Kier alpha value is -0.520. The zero-order valence-electron chi connectivity index (χ0n) is 10.8. The highest BCUT2D eigenvalue weighted by Gasteiger charge is 2.31. The summed E-state index contributed by atoms with van der Waals surface area (Å²) in [6.07, 6.45) is 2.21. The van der Waals surface area contributed by atoms with Gasteiger partial charge in [0.05, 0.1) is 17.2 Å². The maximum absolute atomic E-state index is 9.36. The van der Waals surface area contributed by atoms with Gasteiger partial charge in [-0.15, -0.1) is 0 Å². The third-order valence-electron chi connectivity index (χ3n) is 2.93. The maximum Gasteiger partial charge on any atom is 0.144 e. The van der Waals surface area contributed by atoms with Crippen LogP contribution in [0, 0.1) is 0 Å². The van der Waals surface area contributed by atoms with E-state index in [2.05, 4.69) is 24.8 Å². The lowest BCUT2D eigenvalue weighted by Gasteiger charge is -2.21. The Labute approximate surface area is 118 Å². The number of hydrogen-bond acceptors (Lipinski definition) is 4. The third kappa shape index (κ3) is 2.73. The van der Waals surface area contributed by atoms with Gasteiger partial charge in [-0.1, -0.05) is 36.3 Å². The highest BCUT2D eigenvalue weighted by molar-refractivity contribution is 8.16. The Kier molecular flexibility index (Phi) is 5.09. The Bertz CT molecular complexity index is 401. The van der Waals surface area contributed by atoms with Crippen LogP contribution in [0.5, 0.6) is 5.75 Å². The standard InChI is InChI=1S/C13H18N2OS2/c1-3-5-9-16-11-8-6-7-10-12(11)17-13(18-14)15(10)4-2/h6-8,13H,3-5,9H2,1-2H3. The molecule has 1 aromatic rings. The van der Waals surface area contributed by atoms with Crippen LogP contribution in [-0.2, 0) is 0 Å². The molecule has 0 amide bonds. The second-order valence-corrected chi connectivity index (χ2v) is 6.17. The van der Waals surface area contributed by atoms with Gasteiger partial charge >= 0.3 is 0 Å². The fraction of sp³-hybridized carbons (Fsp3) is 0.538. The van der Waals surface area contributed by atoms with Gasteiger partial charge < -0.3 is 9.64 Å². The first kappa shape index (κ1) is 13.9. The summed E-state index contributed by atoms with van der Waals surface area (Å²) in [7, 11) is 0. The molecular formula is C13H18N2OS2. The van der Waals surface area contributed by atoms with Crippen molar-refractivity contribution in [1.82, 2.24) is 5.14 Å². The lowest BCUT2D eigenvalue weighted by atomic mass is 10.2. The average molecular weight is 282 g/mol. The first-order valence-electron chi connectivity index (χ1n) is 6.31. The van der Waals surface area contributed by atoms with Gasteiger partial charge in [0.1, 0.15) is 10.5 Å². The van der Waals surface area contributed by atoms with E-state index in [9.17, 15) is 5.14 Å². The number of anilines is 1. The van der Waals surface area contributed by atoms with Crippen LogP contribution in [0.25, 0.3) is 0 Å². The predicted molar refractivity (Wildman–Crippen MR) is 79.2 cm³/mol. The smallest absolute Gasteiger partial charge is 0.144 e. The van der Waals surface area contributed by atoms with Gasteiger partial charge in [-0.3, -0.25) is 0 Å². The molecule has 0 aliphatic carbocycles. The van der Waals surface area contributed by atoms with Gasteiger partial charge in [0.2, 0.25) is 0 Å². The van der Waals surface area contributed by atoms with Crippen LogP contribution in [0.4, 0.5) is 5.69 Å². The van der Waals surface area contributed by atoms with Crippen LogP contribution in [0.1, 0.15) is 26.7 Å². The SMILES string of the molecule is CCCCOc1cccc2c1SC(S[N])N2CC. The van der Waals surface area contributed by atoms with E-state index in [1.807, 2.05) is 12.1 Å². The number of benzene rings is 1. The van der Waals surface area contributed by atoms with Crippen LogP contribution < -0.4 is 14.8 Å². The number of thioether (sulfide) groups is 1. The van der Waals surface area contributed by atoms with Gasteiger partial charge in [0.15, 0.2) is 0 Å². The van der Waals surface area contributed by atoms with Crippen LogP contribution in [-0.4, -0.2) is 17.9 Å². The molecule has 98 valence electrons. The molecule has 0 N–H and O–H groups in total. The lowest BCUT2D eigenvalue weighted by molar-refractivity contribution is 0.303. The highest BCUT2D eigenvalue weighted by atomic mass is 32.2. The maximum atomic E-state index is 9.36. The van der Waals surface area contributed by atoms with Crippen LogP contribution in [0.15, 0.2) is 23.1 Å². The molecule has 2 radical (unpaired) electrons. The van der Waals surface area contributed by atoms with Crippen molar-refractivity contribution >= 4 is 29.4 Å². The van der Waals surface area contributed by atoms with E-state index >= 15 is 0 Å². The van der Waals surface area contributed by atoms with E-state index in [0.29, 0.717) is 0 Å². The van der Waals surface area contributed by atoms with E-state index in [-0.39, 0.29) is 4.71 Å². The summed E-state index contributed by atoms with van der Waals surface area (Å²) in [6.45, 7) is 5.90. The first-order chi connectivity index (χ1) is 8.81. The van der Waals surface area contributed by atoms with E-state index in [4.69, 9.17) is 4.74 Å². The number of ether oxygens (including phenoxy) is 1. The van der Waals surface area contributed by atoms with E-state index in [1.165, 1.54) is 5.69 Å². The fourth-order valence-electron chi connectivity index (χ4n) is 1.96. The molecule has 1 unspecified atom stereocenters. The summed E-state index contributed by atoms with van der Waals surface area (Å²) in [5, 5.41) is 9.36. The normalized spacial score (nSPS) is 17.9. The fourth-order valence-corrected chi connectivity index (χ4v) is 3.94. The average Bonchev–Trinajstić information content (AvgIpc) is 2.77. The zero-order chi connectivity index (χ0) is 13.0. The summed E-state index contributed by atoms with van der Waals surface area (Å²) >= 11 is 2.56. The molecule has 1 heterocycles. The van der Waals surface area contributed by atoms with Crippen molar-refractivity contribution in [2.75, 3.05) is 18.1 Å². The van der Waals surface area contributed by atoms with E-state index in [0.717, 1.165) is 48.6 Å². The van der Waals surface area contributed by atoms with Gasteiger partial charge in [-0.2, -0.15) is 0 Å². The molecule has 0 aromatic heterocycles. The van der Waals surface area contributed by atoms with Crippen molar-refractivity contribution in [2.24, 2.45) is 0 Å². The molecule has 0 saturated heterocycles. The number of rotatable bonds is 6. The molecule has 3 nitrogen and oxygen atoms in total. The molecule has 18 heavy (non-hydrogen) atoms. The molecular weight excluding hydrogens is 264 g/mol. The monoisotopic (exact) mass is 282 g/mol. The number of fused-ring (bicyclic) bond motifs is 1. The Balaban J connectivity index is 2.19. The number of unbranched alkanes of at least 4 members (excludes halogenated alkanes) is 1. The van der Waals surface area contributed by atoms with Crippen LogP contribution in [0.2, 0.25) is 0 Å². The predicted octanol–water partition coefficient (Wildman–Crippen LogP) is 3.80. The summed E-state index contributed by atoms with van der Waals surface area (Å²) < 4.78 is 5.88. The minimum absolute atomic E-state index is 0.0425. The molecule has 2 rings (SSSR count). The molecule has 0 saturated carbocycles. The lowest BCUT2D eigenvalue weighted by Crippen LogP contribution is -2.26. The molecule has 5 heteroatoms. The van der Waals surface area contributed by atoms with Crippen molar-refractivity contribution in [1.29, 1.82) is 0 Å². The van der Waals surface area contributed by atoms with Crippen molar-refractivity contribution in [3.05, 3.63) is 18.2 Å². The van der Waals surface area contributed by atoms with E-state index < -0.39 is 0 Å². The molecule has 0 spiro atoms. The molecule has 0 bridgehead atoms. The third-order valence-corrected chi connectivity index (χ3v) is 5.01. The summed E-state index contributed by atoms with van der Waals surface area (Å²) in [5.74, 6) is 0.945. The molecule has 0 fully saturated rings. The summed E-state index contributed by atoms with van der Waals surface area (Å²) in [6, 6.07) is 6.13. The molecule has 1 atom stereocenters. The van der Waals surface area contributed by atoms with Gasteiger partial charge in [-0.25, -0.2) is 0 Å². The number of hydrogen-bond donors (Lipinski definition) is 0. The van der Waals surface area contributed by atoms with Crippen molar-refractivity contribution in [3.63, 3.8) is 0 Å². The van der Waals surface area contributed by atoms with Crippen molar-refractivity contribution in [2.45, 2.75) is 36.3 Å². The summed E-state index contributed by atoms with van der Waals surface area (Å²) in [4.78, 5) is 3.35. The van der Waals surface area contributed by atoms with E-state index in [1.54, 1.807) is 11.8 Å². The van der Waals surface area contributed by atoms with Gasteiger partial charge in [0.25, 0.3) is 0 Å². The Morgan fingerprint density at radius 2 is 2.28 bits per heavy atom. The zero-order valence-corrected chi connectivity index (χ0v) is 12.4. The van der Waals surface area contributed by atoms with Crippen molar-refractivity contribution in [3.8, 4) is 5.75 Å². The number of nitrogens with zero attached hydrogens (tertiary/aromatic N) is 2. The second kappa shape index (κ2) is 6.59. The minimum Gasteiger partial charge on any atom is -0.492 e. The Morgan fingerprint density at radius 1 is 1.44 bits per heavy atom. The quantitative estimate of drug-likeness (QED) is 0.587. The molecule has 1 aliphatic heterocycles. The van der Waals surface area contributed by atoms with Gasteiger partial charge in [-0.05, 0) is 37.4 Å². The van der Waals surface area contributed by atoms with Crippen LogP contribution in [0.3, 0.4) is 0 Å². The van der Waals surface area contributed by atoms with Crippen molar-refractivity contribution < 1.29 is 4.74 Å². The Morgan fingerprint density at radius 3 is 2.94 bits per heavy atom. The highest BCUT2D eigenvalue weighted by Crippen LogP contribution is 2.50. The topological polar surface area (TPSA) is 34.8 Å². The largest absolute Gasteiger partial charge is 0.492 e. The second-order valence-electron chi connectivity index (χ2n) is 4.12. The molecule has 1 aliphatic rings. The van der Waals surface area contributed by atoms with Crippen LogP contribution >= 0.6 is 23.7 Å². The summed E-state index contributed by atoms with van der Waals surface area (Å²) in [5.41, 5.74) is 1.17. The molecule has 1 aromatic carbocycles.